The summed E-state index contributed by atoms with van der Waals surface area (Å²) in [5, 5.41) is 4.95. The van der Waals surface area contributed by atoms with Crippen molar-refractivity contribution in [1.82, 2.24) is 9.13 Å². The molecule has 0 saturated carbocycles. The predicted molar refractivity (Wildman–Crippen MR) is 304 cm³/mol. The smallest absolute Gasteiger partial charge is 0.0547 e. The van der Waals surface area contributed by atoms with Crippen molar-refractivity contribution < 1.29 is 0 Å². The molecule has 0 N–H and O–H groups in total. The zero-order valence-corrected chi connectivity index (χ0v) is 40.2. The van der Waals surface area contributed by atoms with E-state index in [9.17, 15) is 0 Å². The fourth-order valence-electron chi connectivity index (χ4n) is 11.8. The maximum Gasteiger partial charge on any atom is 0.0547 e. The van der Waals surface area contributed by atoms with Gasteiger partial charge in [-0.2, -0.15) is 0 Å². The first-order valence-electron chi connectivity index (χ1n) is 25.0. The van der Waals surface area contributed by atoms with E-state index in [-0.39, 0.29) is 5.41 Å². The maximum atomic E-state index is 2.46. The van der Waals surface area contributed by atoms with Crippen molar-refractivity contribution in [2.24, 2.45) is 0 Å². The highest BCUT2D eigenvalue weighted by Gasteiger charge is 2.35. The summed E-state index contributed by atoms with van der Waals surface area (Å²) in [5.41, 5.74) is 22.7. The van der Waals surface area contributed by atoms with Gasteiger partial charge in [0.05, 0.1) is 22.1 Å². The van der Waals surface area contributed by atoms with Crippen LogP contribution in [0.15, 0.2) is 261 Å². The Morgan fingerprint density at radius 1 is 0.278 bits per heavy atom. The fourth-order valence-corrected chi connectivity index (χ4v) is 11.8. The molecular formula is C69H49N3. The molecular weight excluding hydrogens is 871 g/mol. The van der Waals surface area contributed by atoms with E-state index in [1.165, 1.54) is 77.1 Å². The predicted octanol–water partition coefficient (Wildman–Crippen LogP) is 18.7. The van der Waals surface area contributed by atoms with Crippen LogP contribution in [0.1, 0.15) is 25.0 Å². The number of rotatable bonds is 8. The van der Waals surface area contributed by atoms with E-state index in [4.69, 9.17) is 0 Å². The molecule has 0 saturated heterocycles. The monoisotopic (exact) mass is 919 g/mol. The molecule has 0 unspecified atom stereocenters. The van der Waals surface area contributed by atoms with Crippen LogP contribution in [0.2, 0.25) is 0 Å². The summed E-state index contributed by atoms with van der Waals surface area (Å²) >= 11 is 0. The molecule has 3 nitrogen and oxygen atoms in total. The summed E-state index contributed by atoms with van der Waals surface area (Å²) < 4.78 is 4.87. The first-order chi connectivity index (χ1) is 35.5. The molecule has 0 amide bonds. The number of nitrogens with zero attached hydrogens (tertiary/aromatic N) is 3. The third-order valence-corrected chi connectivity index (χ3v) is 15.3. The van der Waals surface area contributed by atoms with Crippen LogP contribution >= 0.6 is 0 Å². The quantitative estimate of drug-likeness (QED) is 0.148. The maximum absolute atomic E-state index is 2.46. The lowest BCUT2D eigenvalue weighted by Gasteiger charge is -2.26. The second-order valence-corrected chi connectivity index (χ2v) is 19.8. The van der Waals surface area contributed by atoms with Gasteiger partial charge < -0.3 is 14.0 Å². The van der Waals surface area contributed by atoms with Gasteiger partial charge in [-0.15, -0.1) is 0 Å². The van der Waals surface area contributed by atoms with E-state index in [0.29, 0.717) is 0 Å². The largest absolute Gasteiger partial charge is 0.310 e. The lowest BCUT2D eigenvalue weighted by Crippen LogP contribution is -2.14. The summed E-state index contributed by atoms with van der Waals surface area (Å²) in [5.74, 6) is 0. The highest BCUT2D eigenvalue weighted by molar-refractivity contribution is 6.12. The first kappa shape index (κ1) is 41.8. The molecule has 1 aliphatic carbocycles. The average Bonchev–Trinajstić information content (AvgIpc) is 4.03. The van der Waals surface area contributed by atoms with Gasteiger partial charge in [-0.25, -0.2) is 0 Å². The van der Waals surface area contributed by atoms with Crippen LogP contribution in [0.5, 0.6) is 0 Å². The Morgan fingerprint density at radius 2 is 0.778 bits per heavy atom. The second-order valence-electron chi connectivity index (χ2n) is 19.8. The first-order valence-corrected chi connectivity index (χ1v) is 25.0. The van der Waals surface area contributed by atoms with Crippen LogP contribution in [0.25, 0.3) is 99.5 Å². The summed E-state index contributed by atoms with van der Waals surface area (Å²) in [6.07, 6.45) is 0. The Kier molecular flexibility index (Phi) is 9.56. The van der Waals surface area contributed by atoms with Crippen molar-refractivity contribution in [2.75, 3.05) is 4.90 Å². The van der Waals surface area contributed by atoms with E-state index in [1.807, 2.05) is 0 Å². The second kappa shape index (κ2) is 16.5. The van der Waals surface area contributed by atoms with Crippen LogP contribution in [-0.2, 0) is 5.41 Å². The molecule has 2 aromatic heterocycles. The molecule has 0 radical (unpaired) electrons. The number of para-hydroxylation sites is 5. The SMILES string of the molecule is CC1(C)c2ccccc2-c2cc(-n3c4ccccc4c4cc(-c5cc(-c6cccc(N(c7ccccc7)c7ccccc7)c6)cc(-c6ccc7c8ccccc8n(-c8ccccc8)c7c6)c5)ccc43)ccc21. The Labute approximate surface area is 419 Å². The third kappa shape index (κ3) is 6.66. The van der Waals surface area contributed by atoms with Gasteiger partial charge in [0.2, 0.25) is 0 Å². The lowest BCUT2D eigenvalue weighted by atomic mass is 9.82. The number of hydrogen-bond acceptors (Lipinski definition) is 1. The number of aromatic nitrogens is 2. The molecule has 13 aromatic rings. The van der Waals surface area contributed by atoms with Gasteiger partial charge in [-0.1, -0.05) is 166 Å². The average molecular weight is 920 g/mol. The van der Waals surface area contributed by atoms with E-state index < -0.39 is 0 Å². The highest BCUT2D eigenvalue weighted by Crippen LogP contribution is 2.50. The van der Waals surface area contributed by atoms with E-state index in [2.05, 4.69) is 289 Å². The fraction of sp³-hybridized carbons (Fsp3) is 0.0435. The van der Waals surface area contributed by atoms with Crippen LogP contribution in [-0.4, -0.2) is 9.13 Å². The topological polar surface area (TPSA) is 13.1 Å². The Balaban J connectivity index is 0.963. The van der Waals surface area contributed by atoms with Crippen LogP contribution in [0.4, 0.5) is 17.1 Å². The number of anilines is 3. The molecule has 0 bridgehead atoms. The van der Waals surface area contributed by atoms with Gasteiger partial charge in [-0.3, -0.25) is 0 Å². The Hall–Kier alpha value is -9.18. The molecule has 0 atom stereocenters. The molecule has 14 rings (SSSR count). The zero-order chi connectivity index (χ0) is 47.9. The van der Waals surface area contributed by atoms with E-state index in [0.717, 1.165) is 50.6 Å². The lowest BCUT2D eigenvalue weighted by molar-refractivity contribution is 0.660. The van der Waals surface area contributed by atoms with Gasteiger partial charge in [0.25, 0.3) is 0 Å². The van der Waals surface area contributed by atoms with Gasteiger partial charge >= 0.3 is 0 Å². The minimum atomic E-state index is -0.0515. The normalized spacial score (nSPS) is 12.7. The Morgan fingerprint density at radius 3 is 1.47 bits per heavy atom. The molecule has 2 heterocycles. The number of hydrogen-bond donors (Lipinski definition) is 0. The highest BCUT2D eigenvalue weighted by atomic mass is 15.1. The third-order valence-electron chi connectivity index (χ3n) is 15.3. The van der Waals surface area contributed by atoms with E-state index >= 15 is 0 Å². The van der Waals surface area contributed by atoms with Crippen LogP contribution in [0.3, 0.4) is 0 Å². The molecule has 0 fully saturated rings. The van der Waals surface area contributed by atoms with Gasteiger partial charge in [0.1, 0.15) is 0 Å². The zero-order valence-electron chi connectivity index (χ0n) is 40.2. The van der Waals surface area contributed by atoms with Crippen molar-refractivity contribution in [1.29, 1.82) is 0 Å². The molecule has 0 spiro atoms. The van der Waals surface area contributed by atoms with Crippen molar-refractivity contribution in [3.63, 3.8) is 0 Å². The molecule has 3 heteroatoms. The van der Waals surface area contributed by atoms with Crippen molar-refractivity contribution in [3.05, 3.63) is 272 Å². The summed E-state index contributed by atoms with van der Waals surface area (Å²) in [6, 6.07) is 96.0. The summed E-state index contributed by atoms with van der Waals surface area (Å²) in [7, 11) is 0. The van der Waals surface area contributed by atoms with Crippen LogP contribution < -0.4 is 4.90 Å². The number of benzene rings is 11. The minimum Gasteiger partial charge on any atom is -0.310 e. The van der Waals surface area contributed by atoms with Crippen molar-refractivity contribution in [3.8, 4) is 55.9 Å². The number of fused-ring (bicyclic) bond motifs is 9. The molecule has 340 valence electrons. The van der Waals surface area contributed by atoms with Crippen molar-refractivity contribution >= 4 is 60.7 Å². The van der Waals surface area contributed by atoms with Crippen LogP contribution in [0, 0.1) is 0 Å². The molecule has 0 aliphatic heterocycles. The van der Waals surface area contributed by atoms with Gasteiger partial charge in [-0.05, 0) is 165 Å². The van der Waals surface area contributed by atoms with Gasteiger partial charge in [0, 0.05) is 55.4 Å². The molecule has 1 aliphatic rings. The minimum absolute atomic E-state index is 0.0515. The summed E-state index contributed by atoms with van der Waals surface area (Å²) in [4.78, 5) is 2.34. The Bertz CT molecular complexity index is 4190. The van der Waals surface area contributed by atoms with Crippen molar-refractivity contribution in [2.45, 2.75) is 19.3 Å². The molecule has 72 heavy (non-hydrogen) atoms. The van der Waals surface area contributed by atoms with Gasteiger partial charge in [0.15, 0.2) is 0 Å². The van der Waals surface area contributed by atoms with E-state index in [1.54, 1.807) is 0 Å². The standard InChI is InChI=1S/C69H49N3/c1-69(2)63-30-15-12-27-57(63)61-45-56(35-37-64(61)69)72-66-32-17-14-29-59(66)62-43-47(34-38-67(62)72)50-39-49(46-19-18-26-55(42-46)70(52-20-6-3-7-21-52)53-22-8-4-9-23-53)40-51(41-50)48-33-36-60-58-28-13-16-31-65(58)71(68(60)44-48)54-24-10-5-11-25-54/h3-45H,1-2H3. The summed E-state index contributed by atoms with van der Waals surface area (Å²) in [6.45, 7) is 4.70. The molecule has 11 aromatic carbocycles.